The molecule has 1 fully saturated rings. The van der Waals surface area contributed by atoms with Gasteiger partial charge < -0.3 is 14.5 Å². The predicted molar refractivity (Wildman–Crippen MR) is 76.1 cm³/mol. The number of amides is 1. The van der Waals surface area contributed by atoms with Crippen LogP contribution in [-0.4, -0.2) is 29.9 Å². The Morgan fingerprint density at radius 3 is 3.05 bits per heavy atom. The molecular formula is C14H13NO4S. The van der Waals surface area contributed by atoms with Crippen molar-refractivity contribution in [2.45, 2.75) is 12.5 Å². The van der Waals surface area contributed by atoms with Crippen molar-refractivity contribution in [3.63, 3.8) is 0 Å². The number of carbonyl (C=O) groups is 2. The van der Waals surface area contributed by atoms with E-state index in [0.29, 0.717) is 17.8 Å². The number of rotatable bonds is 3. The van der Waals surface area contributed by atoms with E-state index in [1.807, 2.05) is 12.1 Å². The van der Waals surface area contributed by atoms with Crippen LogP contribution in [0.2, 0.25) is 0 Å². The first-order chi connectivity index (χ1) is 9.69. The number of furan rings is 1. The van der Waals surface area contributed by atoms with Gasteiger partial charge in [-0.15, -0.1) is 0 Å². The number of carbonyl (C=O) groups excluding carboxylic acids is 2. The van der Waals surface area contributed by atoms with E-state index in [4.69, 9.17) is 9.15 Å². The number of hydrogen-bond donors (Lipinski definition) is 1. The van der Waals surface area contributed by atoms with E-state index < -0.39 is 6.04 Å². The molecule has 0 bridgehead atoms. The van der Waals surface area contributed by atoms with E-state index in [0.717, 1.165) is 11.1 Å². The first-order valence-corrected chi connectivity index (χ1v) is 7.21. The maximum atomic E-state index is 12.1. The lowest BCUT2D eigenvalue weighted by atomic mass is 10.2. The van der Waals surface area contributed by atoms with E-state index >= 15 is 0 Å². The van der Waals surface area contributed by atoms with E-state index in [9.17, 15) is 9.59 Å². The number of para-hydroxylation sites is 1. The number of thioether (sulfide) groups is 1. The molecule has 20 heavy (non-hydrogen) atoms. The Hall–Kier alpha value is -1.95. The lowest BCUT2D eigenvalue weighted by molar-refractivity contribution is -0.112. The quantitative estimate of drug-likeness (QED) is 0.939. The minimum atomic E-state index is -0.414. The molecule has 1 N–H and O–H groups in total. The molecule has 0 saturated carbocycles. The van der Waals surface area contributed by atoms with Gasteiger partial charge in [-0.25, -0.2) is 0 Å². The fourth-order valence-electron chi connectivity index (χ4n) is 2.17. The first-order valence-electron chi connectivity index (χ1n) is 6.23. The van der Waals surface area contributed by atoms with Gasteiger partial charge in [0.05, 0.1) is 13.2 Å². The molecule has 1 aliphatic rings. The molecule has 1 amide bonds. The standard InChI is InChI=1S/C14H13NO4S/c1-18-10-4-2-3-8-7-11(19-12(8)10)13(16)15-9-5-6-20-14(9)17/h2-4,7,9H,5-6H2,1H3,(H,15,16)/t9-/m0/s1. The largest absolute Gasteiger partial charge is 0.493 e. The maximum absolute atomic E-state index is 12.1. The van der Waals surface area contributed by atoms with Crippen molar-refractivity contribution in [1.82, 2.24) is 5.32 Å². The van der Waals surface area contributed by atoms with Gasteiger partial charge in [0.25, 0.3) is 5.91 Å². The second kappa shape index (κ2) is 5.20. The molecule has 0 radical (unpaired) electrons. The van der Waals surface area contributed by atoms with Gasteiger partial charge in [0.15, 0.2) is 17.1 Å². The van der Waals surface area contributed by atoms with Crippen LogP contribution >= 0.6 is 11.8 Å². The fraction of sp³-hybridized carbons (Fsp3) is 0.286. The van der Waals surface area contributed by atoms with Crippen LogP contribution in [0.25, 0.3) is 11.0 Å². The topological polar surface area (TPSA) is 68.5 Å². The molecular weight excluding hydrogens is 278 g/mol. The van der Waals surface area contributed by atoms with Crippen LogP contribution in [0.5, 0.6) is 5.75 Å². The molecule has 1 saturated heterocycles. The summed E-state index contributed by atoms with van der Waals surface area (Å²) in [6, 6.07) is 6.68. The molecule has 3 rings (SSSR count). The molecule has 6 heteroatoms. The summed E-state index contributed by atoms with van der Waals surface area (Å²) >= 11 is 1.25. The lowest BCUT2D eigenvalue weighted by Gasteiger charge is -2.07. The minimum absolute atomic E-state index is 0.00652. The third-order valence-electron chi connectivity index (χ3n) is 3.19. The number of benzene rings is 1. The van der Waals surface area contributed by atoms with Crippen molar-refractivity contribution in [1.29, 1.82) is 0 Å². The molecule has 0 unspecified atom stereocenters. The smallest absolute Gasteiger partial charge is 0.287 e. The van der Waals surface area contributed by atoms with Crippen LogP contribution in [0, 0.1) is 0 Å². The van der Waals surface area contributed by atoms with Gasteiger partial charge >= 0.3 is 0 Å². The highest BCUT2D eigenvalue weighted by atomic mass is 32.2. The molecule has 0 aliphatic carbocycles. The van der Waals surface area contributed by atoms with E-state index in [-0.39, 0.29) is 16.8 Å². The first kappa shape index (κ1) is 13.1. The molecule has 1 aromatic heterocycles. The van der Waals surface area contributed by atoms with Crippen molar-refractivity contribution in [2.24, 2.45) is 0 Å². The third kappa shape index (κ3) is 2.27. The SMILES string of the molecule is COc1cccc2cc(C(=O)N[C@H]3CCSC3=O)oc12. The number of ether oxygens (including phenoxy) is 1. The molecule has 5 nitrogen and oxygen atoms in total. The monoisotopic (exact) mass is 291 g/mol. The van der Waals surface area contributed by atoms with Gasteiger partial charge in [0.1, 0.15) is 0 Å². The fourth-order valence-corrected chi connectivity index (χ4v) is 3.10. The third-order valence-corrected chi connectivity index (χ3v) is 4.20. The molecule has 1 aromatic carbocycles. The number of fused-ring (bicyclic) bond motifs is 1. The zero-order valence-electron chi connectivity index (χ0n) is 10.8. The average molecular weight is 291 g/mol. The zero-order chi connectivity index (χ0) is 14.1. The van der Waals surface area contributed by atoms with Crippen LogP contribution in [-0.2, 0) is 4.79 Å². The Balaban J connectivity index is 1.86. The molecule has 1 aliphatic heterocycles. The van der Waals surface area contributed by atoms with Crippen LogP contribution in [0.15, 0.2) is 28.7 Å². The van der Waals surface area contributed by atoms with Gasteiger partial charge in [-0.2, -0.15) is 0 Å². The number of methoxy groups -OCH3 is 1. The molecule has 1 atom stereocenters. The normalized spacial score (nSPS) is 18.4. The number of hydrogen-bond acceptors (Lipinski definition) is 5. The maximum Gasteiger partial charge on any atom is 0.287 e. The second-order valence-electron chi connectivity index (χ2n) is 4.47. The lowest BCUT2D eigenvalue weighted by Crippen LogP contribution is -2.36. The van der Waals surface area contributed by atoms with Crippen molar-refractivity contribution < 1.29 is 18.7 Å². The van der Waals surface area contributed by atoms with Crippen molar-refractivity contribution in [3.8, 4) is 5.75 Å². The Kier molecular flexibility index (Phi) is 3.40. The number of nitrogens with one attached hydrogen (secondary N) is 1. The summed E-state index contributed by atoms with van der Waals surface area (Å²) in [6.07, 6.45) is 0.665. The van der Waals surface area contributed by atoms with Gasteiger partial charge in [0, 0.05) is 11.1 Å². The van der Waals surface area contributed by atoms with Crippen LogP contribution < -0.4 is 10.1 Å². The summed E-state index contributed by atoms with van der Waals surface area (Å²) in [5, 5.41) is 3.50. The van der Waals surface area contributed by atoms with E-state index in [1.165, 1.54) is 11.8 Å². The van der Waals surface area contributed by atoms with E-state index in [1.54, 1.807) is 19.2 Å². The summed E-state index contributed by atoms with van der Waals surface area (Å²) in [7, 11) is 1.55. The van der Waals surface area contributed by atoms with Crippen LogP contribution in [0.1, 0.15) is 17.0 Å². The minimum Gasteiger partial charge on any atom is -0.493 e. The highest BCUT2D eigenvalue weighted by Crippen LogP contribution is 2.28. The Morgan fingerprint density at radius 1 is 1.50 bits per heavy atom. The molecule has 2 aromatic rings. The molecule has 104 valence electrons. The summed E-state index contributed by atoms with van der Waals surface area (Å²) in [4.78, 5) is 23.6. The van der Waals surface area contributed by atoms with Crippen LogP contribution in [0.4, 0.5) is 0 Å². The predicted octanol–water partition coefficient (Wildman–Crippen LogP) is 2.20. The van der Waals surface area contributed by atoms with Crippen LogP contribution in [0.3, 0.4) is 0 Å². The average Bonchev–Trinajstić information content (AvgIpc) is 3.05. The van der Waals surface area contributed by atoms with Gasteiger partial charge in [-0.1, -0.05) is 23.9 Å². The van der Waals surface area contributed by atoms with Gasteiger partial charge in [0.2, 0.25) is 5.12 Å². The summed E-state index contributed by atoms with van der Waals surface area (Å²) < 4.78 is 10.7. The van der Waals surface area contributed by atoms with Crippen molar-refractivity contribution in [3.05, 3.63) is 30.0 Å². The van der Waals surface area contributed by atoms with Crippen molar-refractivity contribution in [2.75, 3.05) is 12.9 Å². The highest BCUT2D eigenvalue weighted by molar-refractivity contribution is 8.14. The summed E-state index contributed by atoms with van der Waals surface area (Å²) in [5.74, 6) is 1.14. The van der Waals surface area contributed by atoms with E-state index in [2.05, 4.69) is 5.32 Å². The van der Waals surface area contributed by atoms with Gasteiger partial charge in [-0.3, -0.25) is 9.59 Å². The molecule has 2 heterocycles. The Bertz CT molecular complexity index is 679. The Morgan fingerprint density at radius 2 is 2.35 bits per heavy atom. The second-order valence-corrected chi connectivity index (χ2v) is 5.57. The highest BCUT2D eigenvalue weighted by Gasteiger charge is 2.28. The summed E-state index contributed by atoms with van der Waals surface area (Å²) in [6.45, 7) is 0. The summed E-state index contributed by atoms with van der Waals surface area (Å²) in [5.41, 5.74) is 0.535. The van der Waals surface area contributed by atoms with Crippen molar-refractivity contribution >= 4 is 33.8 Å². The van der Waals surface area contributed by atoms with Gasteiger partial charge in [-0.05, 0) is 18.6 Å². The molecule has 0 spiro atoms. The zero-order valence-corrected chi connectivity index (χ0v) is 11.7. The Labute approximate surface area is 119 Å².